The van der Waals surface area contributed by atoms with Gasteiger partial charge in [-0.25, -0.2) is 0 Å². The third-order valence-electron chi connectivity index (χ3n) is 3.41. The largest absolute Gasteiger partial charge is 0.369 e. The van der Waals surface area contributed by atoms with Crippen LogP contribution in [0.3, 0.4) is 0 Å². The first-order valence-electron chi connectivity index (χ1n) is 6.17. The van der Waals surface area contributed by atoms with Crippen LogP contribution < -0.4 is 10.2 Å². The van der Waals surface area contributed by atoms with E-state index in [2.05, 4.69) is 41.4 Å². The topological polar surface area (TPSA) is 39.1 Å². The standard InChI is InChI=1S/C14H15N3S/c1-10-8-17(5-4-16-10)12-2-3-13-11(7-15)9-18-14(13)6-12/h2-3,6,9-10,16H,4-5,8H2,1H3. The van der Waals surface area contributed by atoms with Crippen molar-refractivity contribution in [3.05, 3.63) is 29.1 Å². The van der Waals surface area contributed by atoms with E-state index >= 15 is 0 Å². The van der Waals surface area contributed by atoms with Gasteiger partial charge in [0.2, 0.25) is 0 Å². The molecule has 1 aromatic heterocycles. The van der Waals surface area contributed by atoms with Crippen LogP contribution >= 0.6 is 11.3 Å². The lowest BCUT2D eigenvalue weighted by Crippen LogP contribution is -2.49. The Bertz CT molecular complexity index is 611. The van der Waals surface area contributed by atoms with E-state index in [0.29, 0.717) is 6.04 Å². The Hall–Kier alpha value is -1.57. The highest BCUT2D eigenvalue weighted by atomic mass is 32.1. The summed E-state index contributed by atoms with van der Waals surface area (Å²) in [5.41, 5.74) is 2.05. The zero-order chi connectivity index (χ0) is 12.5. The Morgan fingerprint density at radius 3 is 3.17 bits per heavy atom. The second kappa shape index (κ2) is 4.60. The average Bonchev–Trinajstić information content (AvgIpc) is 2.80. The minimum absolute atomic E-state index is 0.535. The number of fused-ring (bicyclic) bond motifs is 1. The number of rotatable bonds is 1. The maximum atomic E-state index is 9.02. The van der Waals surface area contributed by atoms with E-state index in [0.717, 1.165) is 30.6 Å². The Kier molecular flexibility index (Phi) is 2.94. The molecule has 1 atom stereocenters. The fraction of sp³-hybridized carbons (Fsp3) is 0.357. The molecule has 4 heteroatoms. The van der Waals surface area contributed by atoms with Crippen molar-refractivity contribution in [2.75, 3.05) is 24.5 Å². The summed E-state index contributed by atoms with van der Waals surface area (Å²) in [5, 5.41) is 15.5. The van der Waals surface area contributed by atoms with Gasteiger partial charge in [-0.2, -0.15) is 5.26 Å². The molecule has 18 heavy (non-hydrogen) atoms. The minimum Gasteiger partial charge on any atom is -0.369 e. The number of hydrogen-bond donors (Lipinski definition) is 1. The third kappa shape index (κ3) is 1.96. The molecule has 3 nitrogen and oxygen atoms in total. The molecule has 1 N–H and O–H groups in total. The first-order valence-corrected chi connectivity index (χ1v) is 7.05. The van der Waals surface area contributed by atoms with E-state index in [4.69, 9.17) is 5.26 Å². The van der Waals surface area contributed by atoms with Crippen molar-refractivity contribution in [2.45, 2.75) is 13.0 Å². The summed E-state index contributed by atoms with van der Waals surface area (Å²) in [6.45, 7) is 5.34. The maximum Gasteiger partial charge on any atom is 0.101 e. The highest BCUT2D eigenvalue weighted by Gasteiger charge is 2.16. The van der Waals surface area contributed by atoms with Gasteiger partial charge in [0.25, 0.3) is 0 Å². The summed E-state index contributed by atoms with van der Waals surface area (Å²) in [7, 11) is 0. The second-order valence-corrected chi connectivity index (χ2v) is 5.65. The zero-order valence-corrected chi connectivity index (χ0v) is 11.1. The highest BCUT2D eigenvalue weighted by molar-refractivity contribution is 7.17. The first kappa shape index (κ1) is 11.5. The number of hydrogen-bond acceptors (Lipinski definition) is 4. The van der Waals surface area contributed by atoms with Gasteiger partial charge in [0, 0.05) is 46.8 Å². The highest BCUT2D eigenvalue weighted by Crippen LogP contribution is 2.29. The molecule has 2 heterocycles. The van der Waals surface area contributed by atoms with Gasteiger partial charge in [-0.1, -0.05) is 6.07 Å². The van der Waals surface area contributed by atoms with Crippen LogP contribution in [0.1, 0.15) is 12.5 Å². The molecule has 0 saturated carbocycles. The van der Waals surface area contributed by atoms with Crippen LogP contribution in [-0.2, 0) is 0 Å². The first-order chi connectivity index (χ1) is 8.78. The van der Waals surface area contributed by atoms with E-state index < -0.39 is 0 Å². The van der Waals surface area contributed by atoms with Crippen LogP contribution in [0.15, 0.2) is 23.6 Å². The lowest BCUT2D eigenvalue weighted by molar-refractivity contribution is 0.485. The number of thiophene rings is 1. The monoisotopic (exact) mass is 257 g/mol. The Morgan fingerprint density at radius 1 is 1.50 bits per heavy atom. The van der Waals surface area contributed by atoms with E-state index in [1.807, 2.05) is 5.38 Å². The van der Waals surface area contributed by atoms with Gasteiger partial charge in [-0.3, -0.25) is 0 Å². The van der Waals surface area contributed by atoms with Gasteiger partial charge in [-0.05, 0) is 19.1 Å². The van der Waals surface area contributed by atoms with Gasteiger partial charge in [0.15, 0.2) is 0 Å². The number of benzene rings is 1. The number of nitriles is 1. The normalized spacial score (nSPS) is 20.0. The molecular weight excluding hydrogens is 242 g/mol. The zero-order valence-electron chi connectivity index (χ0n) is 10.3. The van der Waals surface area contributed by atoms with Crippen LogP contribution in [0, 0.1) is 11.3 Å². The molecule has 1 aromatic carbocycles. The molecule has 3 rings (SSSR count). The number of anilines is 1. The van der Waals surface area contributed by atoms with Crippen molar-refractivity contribution >= 4 is 27.1 Å². The van der Waals surface area contributed by atoms with Crippen molar-refractivity contribution < 1.29 is 0 Å². The van der Waals surface area contributed by atoms with E-state index in [9.17, 15) is 0 Å². The molecule has 2 aromatic rings. The molecule has 1 fully saturated rings. The lowest BCUT2D eigenvalue weighted by atomic mass is 10.1. The van der Waals surface area contributed by atoms with Gasteiger partial charge in [0.05, 0.1) is 5.56 Å². The summed E-state index contributed by atoms with van der Waals surface area (Å²) in [6, 6.07) is 9.19. The SMILES string of the molecule is CC1CN(c2ccc3c(C#N)csc3c2)CCN1. The Morgan fingerprint density at radius 2 is 2.39 bits per heavy atom. The quantitative estimate of drug-likeness (QED) is 0.853. The van der Waals surface area contributed by atoms with Gasteiger partial charge < -0.3 is 10.2 Å². The molecule has 0 amide bonds. The van der Waals surface area contributed by atoms with Crippen molar-refractivity contribution in [1.82, 2.24) is 5.32 Å². The van der Waals surface area contributed by atoms with Gasteiger partial charge in [-0.15, -0.1) is 11.3 Å². The molecule has 1 aliphatic heterocycles. The van der Waals surface area contributed by atoms with Crippen molar-refractivity contribution in [1.29, 1.82) is 5.26 Å². The van der Waals surface area contributed by atoms with Crippen molar-refractivity contribution in [2.24, 2.45) is 0 Å². The molecule has 0 radical (unpaired) electrons. The number of nitrogens with one attached hydrogen (secondary N) is 1. The third-order valence-corrected chi connectivity index (χ3v) is 4.36. The lowest BCUT2D eigenvalue weighted by Gasteiger charge is -2.33. The average molecular weight is 257 g/mol. The van der Waals surface area contributed by atoms with Crippen LogP contribution in [0.5, 0.6) is 0 Å². The van der Waals surface area contributed by atoms with Crippen molar-refractivity contribution in [3.63, 3.8) is 0 Å². The molecule has 0 aliphatic carbocycles. The summed E-state index contributed by atoms with van der Waals surface area (Å²) < 4.78 is 1.20. The Balaban J connectivity index is 1.96. The van der Waals surface area contributed by atoms with E-state index in [-0.39, 0.29) is 0 Å². The van der Waals surface area contributed by atoms with Gasteiger partial charge >= 0.3 is 0 Å². The Labute approximate surface area is 111 Å². The van der Waals surface area contributed by atoms with Crippen molar-refractivity contribution in [3.8, 4) is 6.07 Å². The minimum atomic E-state index is 0.535. The van der Waals surface area contributed by atoms with Crippen LogP contribution in [-0.4, -0.2) is 25.7 Å². The van der Waals surface area contributed by atoms with Crippen LogP contribution in [0.4, 0.5) is 5.69 Å². The predicted molar refractivity (Wildman–Crippen MR) is 76.2 cm³/mol. The number of piperazine rings is 1. The predicted octanol–water partition coefficient (Wildman–Crippen LogP) is 2.57. The molecule has 0 spiro atoms. The summed E-state index contributed by atoms with van der Waals surface area (Å²) in [5.74, 6) is 0. The molecule has 0 bridgehead atoms. The number of nitrogens with zero attached hydrogens (tertiary/aromatic N) is 2. The summed E-state index contributed by atoms with van der Waals surface area (Å²) in [4.78, 5) is 2.41. The molecule has 1 unspecified atom stereocenters. The maximum absolute atomic E-state index is 9.02. The molecular formula is C14H15N3S. The summed E-state index contributed by atoms with van der Waals surface area (Å²) >= 11 is 1.65. The molecule has 92 valence electrons. The molecule has 1 saturated heterocycles. The van der Waals surface area contributed by atoms with E-state index in [1.54, 1.807) is 11.3 Å². The van der Waals surface area contributed by atoms with Gasteiger partial charge in [0.1, 0.15) is 6.07 Å². The molecule has 1 aliphatic rings. The fourth-order valence-electron chi connectivity index (χ4n) is 2.47. The smallest absolute Gasteiger partial charge is 0.101 e. The summed E-state index contributed by atoms with van der Waals surface area (Å²) in [6.07, 6.45) is 0. The van der Waals surface area contributed by atoms with E-state index in [1.165, 1.54) is 10.4 Å². The van der Waals surface area contributed by atoms with Crippen LogP contribution in [0.2, 0.25) is 0 Å². The fourth-order valence-corrected chi connectivity index (χ4v) is 3.39. The van der Waals surface area contributed by atoms with Crippen LogP contribution in [0.25, 0.3) is 10.1 Å². The second-order valence-electron chi connectivity index (χ2n) is 4.74.